The van der Waals surface area contributed by atoms with Gasteiger partial charge in [0.2, 0.25) is 0 Å². The van der Waals surface area contributed by atoms with Crippen molar-refractivity contribution in [3.63, 3.8) is 0 Å². The number of carboxylic acids is 1. The second-order valence-corrected chi connectivity index (χ2v) is 6.09. The van der Waals surface area contributed by atoms with Gasteiger partial charge in [-0.05, 0) is 6.42 Å². The second kappa shape index (κ2) is 34.3. The zero-order chi connectivity index (χ0) is 18.9. The van der Waals surface area contributed by atoms with Crippen LogP contribution in [0, 0.1) is 0 Å². The van der Waals surface area contributed by atoms with Gasteiger partial charge in [-0.3, -0.25) is 4.79 Å². The highest BCUT2D eigenvalue weighted by Crippen LogP contribution is 2.13. The molecule has 3 heteroatoms. The third-order valence-electron chi connectivity index (χ3n) is 3.99. The minimum Gasteiger partial charge on any atom is -0.481 e. The summed E-state index contributed by atoms with van der Waals surface area (Å²) in [6.45, 7) is 14.3. The van der Waals surface area contributed by atoms with Crippen molar-refractivity contribution in [2.45, 2.75) is 110 Å². The number of aliphatic carboxylic acids is 1. The van der Waals surface area contributed by atoms with E-state index >= 15 is 0 Å². The molecule has 0 bridgehead atoms. The van der Waals surface area contributed by atoms with E-state index in [1.54, 1.807) is 0 Å². The van der Waals surface area contributed by atoms with Crippen LogP contribution in [0.1, 0.15) is 110 Å². The smallest absolute Gasteiger partial charge is 0.303 e. The molecule has 4 N–H and O–H groups in total. The first-order valence-corrected chi connectivity index (χ1v) is 9.99. The molecule has 152 valence electrons. The Morgan fingerprint density at radius 3 is 1.08 bits per heavy atom. The van der Waals surface area contributed by atoms with Gasteiger partial charge in [0.25, 0.3) is 0 Å². The van der Waals surface area contributed by atoms with Gasteiger partial charge in [-0.2, -0.15) is 0 Å². The zero-order valence-corrected chi connectivity index (χ0v) is 17.2. The highest BCUT2D eigenvalue weighted by atomic mass is 16.4. The molecule has 25 heavy (non-hydrogen) atoms. The van der Waals surface area contributed by atoms with Crippen LogP contribution in [0.3, 0.4) is 0 Å². The van der Waals surface area contributed by atoms with E-state index in [0.29, 0.717) is 6.42 Å². The summed E-state index contributed by atoms with van der Waals surface area (Å²) in [6.07, 6.45) is 20.2. The van der Waals surface area contributed by atoms with Gasteiger partial charge in [-0.1, -0.05) is 96.8 Å². The molecule has 0 atom stereocenters. The third kappa shape index (κ3) is 39.6. The summed E-state index contributed by atoms with van der Waals surface area (Å²) in [5.74, 6) is -0.653. The molecule has 0 saturated carbocycles. The summed E-state index contributed by atoms with van der Waals surface area (Å²) in [6, 6.07) is 0. The van der Waals surface area contributed by atoms with E-state index in [1.165, 1.54) is 83.5 Å². The normalized spacial score (nSPS) is 9.00. The maximum Gasteiger partial charge on any atom is 0.303 e. The summed E-state index contributed by atoms with van der Waals surface area (Å²) in [5, 5.41) is 8.52. The molecule has 0 aromatic heterocycles. The highest BCUT2D eigenvalue weighted by Gasteiger charge is 1.97. The number of carbonyl (C=O) groups is 1. The van der Waals surface area contributed by atoms with Gasteiger partial charge in [-0.15, -0.1) is 26.3 Å². The minimum absolute atomic E-state index is 0. The van der Waals surface area contributed by atoms with Crippen LogP contribution in [0.5, 0.6) is 0 Å². The van der Waals surface area contributed by atoms with Crippen molar-refractivity contribution in [2.24, 2.45) is 0 Å². The van der Waals surface area contributed by atoms with E-state index in [9.17, 15) is 4.79 Å². The van der Waals surface area contributed by atoms with Gasteiger partial charge in [0, 0.05) is 6.42 Å². The fourth-order valence-electron chi connectivity index (χ4n) is 2.65. The highest BCUT2D eigenvalue weighted by molar-refractivity contribution is 5.66. The van der Waals surface area contributed by atoms with Crippen LogP contribution in [-0.4, -0.2) is 11.1 Å². The molecular formula is C22H47NO2. The lowest BCUT2D eigenvalue weighted by Crippen LogP contribution is -1.93. The molecular weight excluding hydrogens is 310 g/mol. The number of hydrogen-bond acceptors (Lipinski definition) is 2. The van der Waals surface area contributed by atoms with Gasteiger partial charge in [-0.25, -0.2) is 0 Å². The van der Waals surface area contributed by atoms with Crippen LogP contribution >= 0.6 is 0 Å². The van der Waals surface area contributed by atoms with Crippen molar-refractivity contribution >= 4 is 5.97 Å². The Bertz CT molecular complexity index is 230. The molecule has 0 fully saturated rings. The number of unbranched alkanes of at least 4 members (excludes halogenated alkanes) is 14. The average Bonchev–Trinajstić information content (AvgIpc) is 2.61. The van der Waals surface area contributed by atoms with Crippen LogP contribution in [0.15, 0.2) is 26.3 Å². The number of carboxylic acid groups (broad SMARTS) is 1. The molecule has 0 aromatic carbocycles. The lowest BCUT2D eigenvalue weighted by Gasteiger charge is -2.03. The maximum atomic E-state index is 10.3. The molecule has 0 unspecified atom stereocenters. The number of rotatable bonds is 16. The summed E-state index contributed by atoms with van der Waals surface area (Å²) in [4.78, 5) is 10.3. The van der Waals surface area contributed by atoms with Crippen molar-refractivity contribution in [3.05, 3.63) is 26.3 Å². The topological polar surface area (TPSA) is 72.3 Å². The van der Waals surface area contributed by atoms with Crippen LogP contribution in [0.2, 0.25) is 0 Å². The predicted molar refractivity (Wildman–Crippen MR) is 115 cm³/mol. The first kappa shape index (κ1) is 31.7. The molecule has 0 aliphatic heterocycles. The third-order valence-corrected chi connectivity index (χ3v) is 3.99. The fraction of sp³-hybridized carbons (Fsp3) is 0.773. The molecule has 0 rings (SSSR count). The Kier molecular flexibility index (Phi) is 43.4. The van der Waals surface area contributed by atoms with E-state index < -0.39 is 5.97 Å². The molecule has 3 nitrogen and oxygen atoms in total. The molecule has 0 aliphatic rings. The Hall–Kier alpha value is -1.09. The summed E-state index contributed by atoms with van der Waals surface area (Å²) in [7, 11) is 0. The van der Waals surface area contributed by atoms with Crippen LogP contribution < -0.4 is 6.15 Å². The molecule has 0 amide bonds. The first-order valence-electron chi connectivity index (χ1n) is 9.99. The van der Waals surface area contributed by atoms with E-state index in [0.717, 1.165) is 12.8 Å². The lowest BCUT2D eigenvalue weighted by molar-refractivity contribution is -0.137. The monoisotopic (exact) mass is 357 g/mol. The van der Waals surface area contributed by atoms with Gasteiger partial charge in [0.05, 0.1) is 0 Å². The SMILES string of the molecule is C=C.C=C.CCCCCCCCCCCCCCCCCC(=O)O.N. The van der Waals surface area contributed by atoms with Gasteiger partial charge in [0.1, 0.15) is 0 Å². The standard InChI is InChI=1S/C18H36O2.2C2H4.H3N/c1-2-3-4-5-6-7-8-9-10-11-12-13-14-15-16-17-18(19)20;2*1-2;/h2-17H2,1H3,(H,19,20);2*1-2H2;1H3. The predicted octanol–water partition coefficient (Wildman–Crippen LogP) is 8.10. The van der Waals surface area contributed by atoms with Crippen LogP contribution in [-0.2, 0) is 4.79 Å². The largest absolute Gasteiger partial charge is 0.481 e. The van der Waals surface area contributed by atoms with Gasteiger partial charge in [0.15, 0.2) is 0 Å². The molecule has 0 heterocycles. The molecule has 0 spiro atoms. The van der Waals surface area contributed by atoms with Crippen LogP contribution in [0.4, 0.5) is 0 Å². The van der Waals surface area contributed by atoms with E-state index in [4.69, 9.17) is 5.11 Å². The summed E-state index contributed by atoms with van der Waals surface area (Å²) >= 11 is 0. The van der Waals surface area contributed by atoms with E-state index in [-0.39, 0.29) is 6.15 Å². The van der Waals surface area contributed by atoms with Gasteiger partial charge < -0.3 is 11.3 Å². The van der Waals surface area contributed by atoms with Crippen molar-refractivity contribution in [1.29, 1.82) is 0 Å². The lowest BCUT2D eigenvalue weighted by atomic mass is 10.0. The Morgan fingerprint density at radius 2 is 0.840 bits per heavy atom. The first-order chi connectivity index (χ1) is 11.8. The summed E-state index contributed by atoms with van der Waals surface area (Å²) in [5.41, 5.74) is 0. The van der Waals surface area contributed by atoms with Crippen molar-refractivity contribution in [3.8, 4) is 0 Å². The fourth-order valence-corrected chi connectivity index (χ4v) is 2.65. The van der Waals surface area contributed by atoms with E-state index in [1.807, 2.05) is 0 Å². The Labute approximate surface area is 158 Å². The van der Waals surface area contributed by atoms with Crippen molar-refractivity contribution in [1.82, 2.24) is 6.15 Å². The second-order valence-electron chi connectivity index (χ2n) is 6.09. The average molecular weight is 358 g/mol. The quantitative estimate of drug-likeness (QED) is 0.216. The zero-order valence-electron chi connectivity index (χ0n) is 17.2. The molecule has 0 radical (unpaired) electrons. The minimum atomic E-state index is -0.653. The summed E-state index contributed by atoms with van der Waals surface area (Å²) < 4.78 is 0. The Balaban J connectivity index is -0.000000408. The van der Waals surface area contributed by atoms with Crippen molar-refractivity contribution in [2.75, 3.05) is 0 Å². The molecule has 0 saturated heterocycles. The van der Waals surface area contributed by atoms with Crippen LogP contribution in [0.25, 0.3) is 0 Å². The molecule has 0 aromatic rings. The van der Waals surface area contributed by atoms with E-state index in [2.05, 4.69) is 33.2 Å². The number of hydrogen-bond donors (Lipinski definition) is 2. The Morgan fingerprint density at radius 1 is 0.600 bits per heavy atom. The maximum absolute atomic E-state index is 10.3. The van der Waals surface area contributed by atoms with Gasteiger partial charge >= 0.3 is 5.97 Å². The van der Waals surface area contributed by atoms with Crippen molar-refractivity contribution < 1.29 is 9.90 Å². The molecule has 0 aliphatic carbocycles.